The molecule has 21 heavy (non-hydrogen) atoms. The van der Waals surface area contributed by atoms with Crippen molar-refractivity contribution in [2.45, 2.75) is 13.3 Å². The van der Waals surface area contributed by atoms with Crippen molar-refractivity contribution < 1.29 is 9.53 Å². The molecule has 1 aromatic heterocycles. The van der Waals surface area contributed by atoms with E-state index in [1.54, 1.807) is 31.4 Å². The molecule has 2 aromatic rings. The van der Waals surface area contributed by atoms with Crippen LogP contribution >= 0.6 is 15.9 Å². The molecule has 1 heterocycles. The highest BCUT2D eigenvalue weighted by Crippen LogP contribution is 2.28. The van der Waals surface area contributed by atoms with Crippen LogP contribution in [0.1, 0.15) is 23.0 Å². The maximum Gasteiger partial charge on any atom is 0.255 e. The van der Waals surface area contributed by atoms with E-state index in [1.165, 1.54) is 0 Å². The summed E-state index contributed by atoms with van der Waals surface area (Å²) in [6, 6.07) is 8.64. The Morgan fingerprint density at radius 2 is 2.14 bits per heavy atom. The first-order valence-electron chi connectivity index (χ1n) is 6.44. The van der Waals surface area contributed by atoms with Crippen LogP contribution in [0.2, 0.25) is 0 Å². The number of hydrogen-bond donors (Lipinski definition) is 2. The minimum absolute atomic E-state index is 0.233. The Morgan fingerprint density at radius 3 is 2.81 bits per heavy atom. The Morgan fingerprint density at radius 1 is 1.38 bits per heavy atom. The molecule has 2 rings (SSSR count). The fraction of sp³-hybridized carbons (Fsp3) is 0.200. The third-order valence-electron chi connectivity index (χ3n) is 2.93. The number of rotatable bonds is 4. The van der Waals surface area contributed by atoms with Crippen LogP contribution in [0, 0.1) is 0 Å². The number of ether oxygens (including phenoxy) is 1. The van der Waals surface area contributed by atoms with Gasteiger partial charge in [0.2, 0.25) is 0 Å². The van der Waals surface area contributed by atoms with Crippen molar-refractivity contribution >= 4 is 33.3 Å². The number of carbonyl (C=O) groups excluding carboxylic acids is 1. The number of anilines is 2. The van der Waals surface area contributed by atoms with Gasteiger partial charge in [-0.15, -0.1) is 0 Å². The summed E-state index contributed by atoms with van der Waals surface area (Å²) in [7, 11) is 1.57. The highest BCUT2D eigenvalue weighted by Gasteiger charge is 2.10. The van der Waals surface area contributed by atoms with Crippen LogP contribution in [0.3, 0.4) is 0 Å². The molecule has 1 amide bonds. The van der Waals surface area contributed by atoms with E-state index in [2.05, 4.69) is 26.2 Å². The van der Waals surface area contributed by atoms with Crippen molar-refractivity contribution in [3.05, 3.63) is 46.1 Å². The Kier molecular flexibility index (Phi) is 4.80. The van der Waals surface area contributed by atoms with E-state index in [1.807, 2.05) is 13.0 Å². The first-order chi connectivity index (χ1) is 10.0. The number of nitrogens with one attached hydrogen (secondary N) is 1. The number of aromatic nitrogens is 1. The lowest BCUT2D eigenvalue weighted by molar-refractivity contribution is 0.102. The van der Waals surface area contributed by atoms with Crippen LogP contribution in [-0.4, -0.2) is 18.0 Å². The summed E-state index contributed by atoms with van der Waals surface area (Å²) >= 11 is 3.37. The molecular weight excluding hydrogens is 334 g/mol. The molecule has 0 atom stereocenters. The van der Waals surface area contributed by atoms with Crippen LogP contribution in [0.15, 0.2) is 34.8 Å². The number of methoxy groups -OCH3 is 1. The molecule has 110 valence electrons. The summed E-state index contributed by atoms with van der Waals surface area (Å²) in [5.41, 5.74) is 7.63. The Balaban J connectivity index is 2.23. The molecule has 0 saturated heterocycles. The van der Waals surface area contributed by atoms with E-state index in [0.717, 1.165) is 16.6 Å². The van der Waals surface area contributed by atoms with Gasteiger partial charge in [-0.2, -0.15) is 0 Å². The molecule has 0 bridgehead atoms. The molecule has 1 aromatic carbocycles. The molecule has 0 aliphatic carbocycles. The number of nitrogens with zero attached hydrogens (tertiary/aromatic N) is 1. The number of pyridine rings is 1. The van der Waals surface area contributed by atoms with Gasteiger partial charge in [0.1, 0.15) is 11.6 Å². The molecule has 3 N–H and O–H groups in total. The average Bonchev–Trinajstić information content (AvgIpc) is 2.48. The predicted octanol–water partition coefficient (Wildman–Crippen LogP) is 3.25. The molecule has 0 radical (unpaired) electrons. The van der Waals surface area contributed by atoms with Crippen molar-refractivity contribution in [3.63, 3.8) is 0 Å². The Labute approximate surface area is 131 Å². The normalized spacial score (nSPS) is 10.2. The van der Waals surface area contributed by atoms with Gasteiger partial charge in [-0.1, -0.05) is 6.92 Å². The van der Waals surface area contributed by atoms with Gasteiger partial charge in [-0.3, -0.25) is 4.79 Å². The number of aryl methyl sites for hydroxylation is 1. The Hall–Kier alpha value is -2.08. The largest absolute Gasteiger partial charge is 0.495 e. The topological polar surface area (TPSA) is 77.2 Å². The van der Waals surface area contributed by atoms with Gasteiger partial charge in [-0.05, 0) is 46.6 Å². The lowest BCUT2D eigenvalue weighted by Crippen LogP contribution is -2.13. The van der Waals surface area contributed by atoms with Crippen LogP contribution in [0.5, 0.6) is 5.75 Å². The molecule has 0 unspecified atom stereocenters. The number of nitrogens with two attached hydrogens (primary N) is 1. The van der Waals surface area contributed by atoms with Crippen LogP contribution in [0.25, 0.3) is 0 Å². The highest BCUT2D eigenvalue weighted by molar-refractivity contribution is 9.10. The molecule has 6 heteroatoms. The third-order valence-corrected chi connectivity index (χ3v) is 3.59. The summed E-state index contributed by atoms with van der Waals surface area (Å²) in [6.45, 7) is 1.96. The molecule has 5 nitrogen and oxygen atoms in total. The molecule has 0 aliphatic heterocycles. The van der Waals surface area contributed by atoms with Crippen LogP contribution in [-0.2, 0) is 6.42 Å². The van der Waals surface area contributed by atoms with Crippen LogP contribution < -0.4 is 15.8 Å². The van der Waals surface area contributed by atoms with E-state index >= 15 is 0 Å². The summed E-state index contributed by atoms with van der Waals surface area (Å²) < 4.78 is 6.02. The standard InChI is InChI=1S/C15H16BrN3O2/c1-3-10-6-9(7-14(17)18-10)15(20)19-11-4-5-12(16)13(8-11)21-2/h4-8H,3H2,1-2H3,(H2,17,18)(H,19,20). The molecule has 0 aliphatic rings. The number of benzene rings is 1. The summed E-state index contributed by atoms with van der Waals surface area (Å²) in [4.78, 5) is 16.4. The van der Waals surface area contributed by atoms with E-state index in [0.29, 0.717) is 22.8 Å². The van der Waals surface area contributed by atoms with Gasteiger partial charge in [0.25, 0.3) is 5.91 Å². The van der Waals surface area contributed by atoms with Gasteiger partial charge in [-0.25, -0.2) is 4.98 Å². The van der Waals surface area contributed by atoms with E-state index in [4.69, 9.17) is 10.5 Å². The number of hydrogen-bond acceptors (Lipinski definition) is 4. The van der Waals surface area contributed by atoms with Gasteiger partial charge in [0.15, 0.2) is 0 Å². The van der Waals surface area contributed by atoms with Gasteiger partial charge in [0.05, 0.1) is 11.6 Å². The first-order valence-corrected chi connectivity index (χ1v) is 7.24. The maximum absolute atomic E-state index is 12.3. The lowest BCUT2D eigenvalue weighted by Gasteiger charge is -2.09. The zero-order valence-corrected chi connectivity index (χ0v) is 13.4. The second kappa shape index (κ2) is 6.58. The van der Waals surface area contributed by atoms with E-state index < -0.39 is 0 Å². The fourth-order valence-corrected chi connectivity index (χ4v) is 2.27. The van der Waals surface area contributed by atoms with Crippen molar-refractivity contribution in [3.8, 4) is 5.75 Å². The summed E-state index contributed by atoms with van der Waals surface area (Å²) in [5, 5.41) is 2.82. The van der Waals surface area contributed by atoms with Gasteiger partial charge >= 0.3 is 0 Å². The predicted molar refractivity (Wildman–Crippen MR) is 86.7 cm³/mol. The number of carbonyl (C=O) groups is 1. The van der Waals surface area contributed by atoms with Crippen molar-refractivity contribution in [2.75, 3.05) is 18.2 Å². The molecular formula is C15H16BrN3O2. The minimum Gasteiger partial charge on any atom is -0.495 e. The smallest absolute Gasteiger partial charge is 0.255 e. The zero-order valence-electron chi connectivity index (χ0n) is 11.8. The van der Waals surface area contributed by atoms with E-state index in [9.17, 15) is 4.79 Å². The van der Waals surface area contributed by atoms with Crippen LogP contribution in [0.4, 0.5) is 11.5 Å². The molecule has 0 spiro atoms. The highest BCUT2D eigenvalue weighted by atomic mass is 79.9. The average molecular weight is 350 g/mol. The summed E-state index contributed by atoms with van der Waals surface area (Å²) in [5.74, 6) is 0.757. The fourth-order valence-electron chi connectivity index (χ4n) is 1.86. The maximum atomic E-state index is 12.3. The summed E-state index contributed by atoms with van der Waals surface area (Å²) in [6.07, 6.45) is 0.720. The number of halogens is 1. The minimum atomic E-state index is -0.233. The third kappa shape index (κ3) is 3.72. The van der Waals surface area contributed by atoms with Crippen molar-refractivity contribution in [2.24, 2.45) is 0 Å². The lowest BCUT2D eigenvalue weighted by atomic mass is 10.1. The van der Waals surface area contributed by atoms with E-state index in [-0.39, 0.29) is 5.91 Å². The zero-order chi connectivity index (χ0) is 15.4. The van der Waals surface area contributed by atoms with Crippen molar-refractivity contribution in [1.82, 2.24) is 4.98 Å². The van der Waals surface area contributed by atoms with Gasteiger partial charge in [0, 0.05) is 23.0 Å². The number of amides is 1. The second-order valence-corrected chi connectivity index (χ2v) is 5.28. The quantitative estimate of drug-likeness (QED) is 0.887. The van der Waals surface area contributed by atoms with Crippen molar-refractivity contribution in [1.29, 1.82) is 0 Å². The first kappa shape index (κ1) is 15.3. The monoisotopic (exact) mass is 349 g/mol. The number of nitrogen functional groups attached to an aromatic ring is 1. The Bertz CT molecular complexity index is 674. The SMILES string of the molecule is CCc1cc(C(=O)Nc2ccc(Br)c(OC)c2)cc(N)n1. The van der Waals surface area contributed by atoms with Gasteiger partial charge < -0.3 is 15.8 Å². The second-order valence-electron chi connectivity index (χ2n) is 4.43. The molecule has 0 fully saturated rings. The molecule has 0 saturated carbocycles.